The van der Waals surface area contributed by atoms with Crippen molar-refractivity contribution in [2.45, 2.75) is 84.2 Å². The van der Waals surface area contributed by atoms with E-state index in [1.54, 1.807) is 5.56 Å². The van der Waals surface area contributed by atoms with Gasteiger partial charge in [-0.2, -0.15) is 0 Å². The molecule has 0 spiro atoms. The first kappa shape index (κ1) is 21.1. The quantitative estimate of drug-likeness (QED) is 0.379. The van der Waals surface area contributed by atoms with Gasteiger partial charge in [-0.25, -0.2) is 0 Å². The fraction of sp³-hybridized carbons (Fsp3) is 0.556. The molecule has 1 aliphatic rings. The Hall–Kier alpha value is -1.60. The molecule has 2 aromatic carbocycles. The lowest BCUT2D eigenvalue weighted by Crippen LogP contribution is -2.13. The molecule has 0 amide bonds. The molecule has 0 heterocycles. The number of unbranched alkanes of at least 4 members (excludes halogenated alkanes) is 2. The van der Waals surface area contributed by atoms with Gasteiger partial charge in [0, 0.05) is 6.61 Å². The van der Waals surface area contributed by atoms with E-state index in [2.05, 4.69) is 62.4 Å². The third-order valence-corrected chi connectivity index (χ3v) is 6.35. The fourth-order valence-electron chi connectivity index (χ4n) is 4.54. The summed E-state index contributed by atoms with van der Waals surface area (Å²) >= 11 is 0. The number of rotatable bonds is 10. The summed E-state index contributed by atoms with van der Waals surface area (Å²) in [6.45, 7) is 6.00. The average molecular weight is 379 g/mol. The van der Waals surface area contributed by atoms with Crippen molar-refractivity contribution in [1.29, 1.82) is 0 Å². The standard InChI is InChI=1S/C27H38O/c1-3-5-6-7-22-8-12-24(13-9-22)26-16-18-27(19-17-26)25-14-10-23(11-15-25)21-28-20-4-2/h10-11,14-19,22,24H,3-9,12-13,20-21H2,1-2H3. The first-order valence-corrected chi connectivity index (χ1v) is 11.6. The monoisotopic (exact) mass is 378 g/mol. The van der Waals surface area contributed by atoms with Gasteiger partial charge in [0.25, 0.3) is 0 Å². The Morgan fingerprint density at radius 3 is 2.00 bits per heavy atom. The van der Waals surface area contributed by atoms with E-state index in [0.717, 1.165) is 24.9 Å². The minimum atomic E-state index is 0.716. The second-order valence-corrected chi connectivity index (χ2v) is 8.58. The second-order valence-electron chi connectivity index (χ2n) is 8.58. The summed E-state index contributed by atoms with van der Waals surface area (Å²) in [7, 11) is 0. The smallest absolute Gasteiger partial charge is 0.0716 e. The molecule has 0 radical (unpaired) electrons. The van der Waals surface area contributed by atoms with E-state index in [4.69, 9.17) is 4.74 Å². The zero-order valence-corrected chi connectivity index (χ0v) is 18.0. The van der Waals surface area contributed by atoms with E-state index >= 15 is 0 Å². The number of hydrogen-bond donors (Lipinski definition) is 0. The molecule has 0 unspecified atom stereocenters. The van der Waals surface area contributed by atoms with Crippen LogP contribution in [0.4, 0.5) is 0 Å². The predicted octanol–water partition coefficient (Wildman–Crippen LogP) is 8.13. The van der Waals surface area contributed by atoms with Gasteiger partial charge in [-0.1, -0.05) is 88.1 Å². The van der Waals surface area contributed by atoms with Crippen LogP contribution in [-0.4, -0.2) is 6.61 Å². The molecular formula is C27H38O. The Labute approximate surface area is 172 Å². The van der Waals surface area contributed by atoms with Crippen LogP contribution in [0.3, 0.4) is 0 Å². The third-order valence-electron chi connectivity index (χ3n) is 6.35. The van der Waals surface area contributed by atoms with Gasteiger partial charge in [0.2, 0.25) is 0 Å². The highest BCUT2D eigenvalue weighted by Crippen LogP contribution is 2.38. The minimum absolute atomic E-state index is 0.716. The molecule has 0 aromatic heterocycles. The van der Waals surface area contributed by atoms with E-state index in [-0.39, 0.29) is 0 Å². The molecule has 1 heteroatoms. The van der Waals surface area contributed by atoms with Gasteiger partial charge in [0.1, 0.15) is 0 Å². The van der Waals surface area contributed by atoms with Crippen molar-refractivity contribution < 1.29 is 4.74 Å². The summed E-state index contributed by atoms with van der Waals surface area (Å²) in [6.07, 6.45) is 12.3. The number of hydrogen-bond acceptors (Lipinski definition) is 1. The third kappa shape index (κ3) is 6.21. The van der Waals surface area contributed by atoms with Crippen LogP contribution in [0.5, 0.6) is 0 Å². The zero-order chi connectivity index (χ0) is 19.6. The largest absolute Gasteiger partial charge is 0.377 e. The van der Waals surface area contributed by atoms with Crippen LogP contribution in [0.2, 0.25) is 0 Å². The van der Waals surface area contributed by atoms with Gasteiger partial charge in [-0.3, -0.25) is 0 Å². The molecule has 0 saturated heterocycles. The van der Waals surface area contributed by atoms with Crippen molar-refractivity contribution in [3.05, 3.63) is 59.7 Å². The Morgan fingerprint density at radius 2 is 1.39 bits per heavy atom. The van der Waals surface area contributed by atoms with E-state index in [0.29, 0.717) is 6.61 Å². The van der Waals surface area contributed by atoms with Crippen molar-refractivity contribution in [3.63, 3.8) is 0 Å². The Kier molecular flexibility index (Phi) is 8.61. The fourth-order valence-corrected chi connectivity index (χ4v) is 4.54. The van der Waals surface area contributed by atoms with Gasteiger partial charge in [0.05, 0.1) is 6.61 Å². The molecule has 0 bridgehead atoms. The molecule has 0 N–H and O–H groups in total. The van der Waals surface area contributed by atoms with Crippen molar-refractivity contribution in [3.8, 4) is 11.1 Å². The average Bonchev–Trinajstić information content (AvgIpc) is 2.75. The summed E-state index contributed by atoms with van der Waals surface area (Å²) in [5.41, 5.74) is 5.41. The summed E-state index contributed by atoms with van der Waals surface area (Å²) in [5.74, 6) is 1.76. The SMILES string of the molecule is CCCCCC1CCC(c2ccc(-c3ccc(COCCC)cc3)cc2)CC1. The maximum absolute atomic E-state index is 5.63. The van der Waals surface area contributed by atoms with Crippen LogP contribution in [0, 0.1) is 5.92 Å². The van der Waals surface area contributed by atoms with Crippen LogP contribution in [0.15, 0.2) is 48.5 Å². The van der Waals surface area contributed by atoms with Gasteiger partial charge in [-0.15, -0.1) is 0 Å². The van der Waals surface area contributed by atoms with Crippen LogP contribution in [0.25, 0.3) is 11.1 Å². The van der Waals surface area contributed by atoms with E-state index in [9.17, 15) is 0 Å². The molecule has 2 aromatic rings. The van der Waals surface area contributed by atoms with Crippen LogP contribution in [-0.2, 0) is 11.3 Å². The highest BCUT2D eigenvalue weighted by atomic mass is 16.5. The summed E-state index contributed by atoms with van der Waals surface area (Å²) < 4.78 is 5.63. The lowest BCUT2D eigenvalue weighted by molar-refractivity contribution is 0.121. The molecule has 1 fully saturated rings. The highest BCUT2D eigenvalue weighted by Gasteiger charge is 2.21. The summed E-state index contributed by atoms with van der Waals surface area (Å²) in [5, 5.41) is 0. The molecule has 28 heavy (non-hydrogen) atoms. The predicted molar refractivity (Wildman–Crippen MR) is 121 cm³/mol. The lowest BCUT2D eigenvalue weighted by Gasteiger charge is -2.29. The highest BCUT2D eigenvalue weighted by molar-refractivity contribution is 5.64. The zero-order valence-electron chi connectivity index (χ0n) is 18.0. The van der Waals surface area contributed by atoms with Gasteiger partial charge in [-0.05, 0) is 66.2 Å². The molecule has 1 aliphatic carbocycles. The van der Waals surface area contributed by atoms with Gasteiger partial charge >= 0.3 is 0 Å². The minimum Gasteiger partial charge on any atom is -0.377 e. The van der Waals surface area contributed by atoms with Crippen LogP contribution < -0.4 is 0 Å². The Bertz CT molecular complexity index is 662. The van der Waals surface area contributed by atoms with Crippen molar-refractivity contribution in [1.82, 2.24) is 0 Å². The molecule has 1 saturated carbocycles. The maximum atomic E-state index is 5.63. The number of ether oxygens (including phenoxy) is 1. The van der Waals surface area contributed by atoms with Gasteiger partial charge < -0.3 is 4.74 Å². The lowest BCUT2D eigenvalue weighted by atomic mass is 9.77. The van der Waals surface area contributed by atoms with Gasteiger partial charge in [0.15, 0.2) is 0 Å². The Morgan fingerprint density at radius 1 is 0.750 bits per heavy atom. The first-order chi connectivity index (χ1) is 13.8. The van der Waals surface area contributed by atoms with E-state index in [1.165, 1.54) is 68.1 Å². The summed E-state index contributed by atoms with van der Waals surface area (Å²) in [4.78, 5) is 0. The molecule has 0 aliphatic heterocycles. The van der Waals surface area contributed by atoms with Crippen molar-refractivity contribution in [2.75, 3.05) is 6.61 Å². The second kappa shape index (κ2) is 11.4. The molecular weight excluding hydrogens is 340 g/mol. The normalized spacial score (nSPS) is 19.6. The van der Waals surface area contributed by atoms with Crippen molar-refractivity contribution in [2.24, 2.45) is 5.92 Å². The van der Waals surface area contributed by atoms with E-state index < -0.39 is 0 Å². The summed E-state index contributed by atoms with van der Waals surface area (Å²) in [6, 6.07) is 18.2. The van der Waals surface area contributed by atoms with Crippen LogP contribution >= 0.6 is 0 Å². The molecule has 3 rings (SSSR count). The molecule has 1 nitrogen and oxygen atoms in total. The number of benzene rings is 2. The molecule has 0 atom stereocenters. The van der Waals surface area contributed by atoms with E-state index in [1.807, 2.05) is 0 Å². The topological polar surface area (TPSA) is 9.23 Å². The maximum Gasteiger partial charge on any atom is 0.0716 e. The van der Waals surface area contributed by atoms with Crippen LogP contribution in [0.1, 0.15) is 88.7 Å². The molecule has 152 valence electrons. The first-order valence-electron chi connectivity index (χ1n) is 11.6. The Balaban J connectivity index is 1.51. The van der Waals surface area contributed by atoms with Crippen molar-refractivity contribution >= 4 is 0 Å².